The van der Waals surface area contributed by atoms with Crippen molar-refractivity contribution in [1.29, 1.82) is 0 Å². The molecule has 0 radical (unpaired) electrons. The summed E-state index contributed by atoms with van der Waals surface area (Å²) in [7, 11) is -2.09. The third kappa shape index (κ3) is 2.60. The Balaban J connectivity index is 2.12. The summed E-state index contributed by atoms with van der Waals surface area (Å²) in [6, 6.07) is 7.21. The van der Waals surface area contributed by atoms with E-state index in [1.54, 1.807) is 35.2 Å². The minimum absolute atomic E-state index is 0.112. The highest BCUT2D eigenvalue weighted by atomic mass is 127. The fourth-order valence-corrected chi connectivity index (χ4v) is 4.77. The molecule has 0 aliphatic rings. The molecule has 0 aliphatic carbocycles. The van der Waals surface area contributed by atoms with Crippen LogP contribution in [-0.2, 0) is 10.0 Å². The Morgan fingerprint density at radius 1 is 1.33 bits per heavy atom. The first kappa shape index (κ1) is 14.6. The number of thiazole rings is 1. The number of sulfonamides is 1. The van der Waals surface area contributed by atoms with Crippen molar-refractivity contribution in [3.05, 3.63) is 39.4 Å². The SMILES string of the molecule is CNc1nc2sccn2c1S(=O)(=O)Nc1ccccc1I. The molecule has 0 spiro atoms. The van der Waals surface area contributed by atoms with Gasteiger partial charge in [-0.3, -0.25) is 9.12 Å². The van der Waals surface area contributed by atoms with Gasteiger partial charge >= 0.3 is 0 Å². The van der Waals surface area contributed by atoms with E-state index in [2.05, 4.69) is 37.6 Å². The average Bonchev–Trinajstić information content (AvgIpc) is 3.00. The summed E-state index contributed by atoms with van der Waals surface area (Å²) < 4.78 is 30.4. The van der Waals surface area contributed by atoms with Crippen molar-refractivity contribution in [1.82, 2.24) is 9.38 Å². The Hall–Kier alpha value is -1.33. The monoisotopic (exact) mass is 434 g/mol. The summed E-state index contributed by atoms with van der Waals surface area (Å²) >= 11 is 3.47. The van der Waals surface area contributed by atoms with Crippen LogP contribution in [-0.4, -0.2) is 24.9 Å². The van der Waals surface area contributed by atoms with Crippen LogP contribution in [0.1, 0.15) is 0 Å². The molecule has 0 amide bonds. The fraction of sp³-hybridized carbons (Fsp3) is 0.0833. The number of halogens is 1. The minimum atomic E-state index is -3.74. The molecule has 9 heteroatoms. The number of hydrogen-bond donors (Lipinski definition) is 2. The molecule has 0 unspecified atom stereocenters. The Morgan fingerprint density at radius 3 is 2.81 bits per heavy atom. The summed E-state index contributed by atoms with van der Waals surface area (Å²) in [6.45, 7) is 0. The van der Waals surface area contributed by atoms with E-state index in [0.29, 0.717) is 16.5 Å². The molecule has 6 nitrogen and oxygen atoms in total. The van der Waals surface area contributed by atoms with E-state index in [-0.39, 0.29) is 5.03 Å². The van der Waals surface area contributed by atoms with Gasteiger partial charge in [-0.1, -0.05) is 12.1 Å². The number of aromatic nitrogens is 2. The predicted molar refractivity (Wildman–Crippen MR) is 92.6 cm³/mol. The number of anilines is 2. The number of nitrogens with zero attached hydrogens (tertiary/aromatic N) is 2. The molecule has 0 fully saturated rings. The van der Waals surface area contributed by atoms with Gasteiger partial charge in [0.05, 0.1) is 5.69 Å². The van der Waals surface area contributed by atoms with Crippen molar-refractivity contribution >= 4 is 60.4 Å². The van der Waals surface area contributed by atoms with E-state index in [4.69, 9.17) is 0 Å². The molecule has 110 valence electrons. The summed E-state index contributed by atoms with van der Waals surface area (Å²) in [4.78, 5) is 4.90. The highest BCUT2D eigenvalue weighted by Crippen LogP contribution is 2.28. The number of benzene rings is 1. The highest BCUT2D eigenvalue weighted by molar-refractivity contribution is 14.1. The number of para-hydroxylation sites is 1. The maximum atomic E-state index is 12.7. The minimum Gasteiger partial charge on any atom is -0.371 e. The quantitative estimate of drug-likeness (QED) is 0.620. The van der Waals surface area contributed by atoms with Crippen molar-refractivity contribution in [3.63, 3.8) is 0 Å². The first-order chi connectivity index (χ1) is 10.0. The third-order valence-electron chi connectivity index (χ3n) is 2.83. The molecule has 2 heterocycles. The van der Waals surface area contributed by atoms with Crippen LogP contribution in [0.2, 0.25) is 0 Å². The lowest BCUT2D eigenvalue weighted by Gasteiger charge is -2.10. The summed E-state index contributed by atoms with van der Waals surface area (Å²) in [6.07, 6.45) is 1.69. The van der Waals surface area contributed by atoms with Crippen molar-refractivity contribution < 1.29 is 8.42 Å². The summed E-state index contributed by atoms with van der Waals surface area (Å²) in [5.41, 5.74) is 0.547. The first-order valence-electron chi connectivity index (χ1n) is 5.93. The fourth-order valence-electron chi connectivity index (χ4n) is 1.92. The van der Waals surface area contributed by atoms with Gasteiger partial charge in [0.1, 0.15) is 0 Å². The van der Waals surface area contributed by atoms with Crippen LogP contribution in [0.4, 0.5) is 11.5 Å². The van der Waals surface area contributed by atoms with Crippen LogP contribution in [0.3, 0.4) is 0 Å². The Bertz CT molecular complexity index is 901. The summed E-state index contributed by atoms with van der Waals surface area (Å²) in [5, 5.41) is 4.74. The van der Waals surface area contributed by atoms with E-state index < -0.39 is 10.0 Å². The van der Waals surface area contributed by atoms with Gasteiger partial charge in [-0.2, -0.15) is 8.42 Å². The maximum absolute atomic E-state index is 12.7. The van der Waals surface area contributed by atoms with Gasteiger partial charge in [0.2, 0.25) is 5.03 Å². The van der Waals surface area contributed by atoms with Gasteiger partial charge in [0.15, 0.2) is 10.8 Å². The molecule has 0 aliphatic heterocycles. The molecule has 2 aromatic heterocycles. The van der Waals surface area contributed by atoms with Crippen LogP contribution in [0.15, 0.2) is 40.9 Å². The van der Waals surface area contributed by atoms with E-state index in [1.165, 1.54) is 11.3 Å². The molecule has 0 bridgehead atoms. The first-order valence-corrected chi connectivity index (χ1v) is 9.38. The van der Waals surface area contributed by atoms with E-state index in [9.17, 15) is 8.42 Å². The molecule has 21 heavy (non-hydrogen) atoms. The van der Waals surface area contributed by atoms with Crippen LogP contribution in [0.25, 0.3) is 4.96 Å². The van der Waals surface area contributed by atoms with Crippen molar-refractivity contribution in [2.75, 3.05) is 17.1 Å². The zero-order chi connectivity index (χ0) is 15.0. The van der Waals surface area contributed by atoms with E-state index >= 15 is 0 Å². The second-order valence-corrected chi connectivity index (χ2v) is 7.79. The number of nitrogens with one attached hydrogen (secondary N) is 2. The smallest absolute Gasteiger partial charge is 0.281 e. The Labute approximate surface area is 139 Å². The number of fused-ring (bicyclic) bond motifs is 1. The van der Waals surface area contributed by atoms with Crippen molar-refractivity contribution in [2.24, 2.45) is 0 Å². The third-order valence-corrected chi connectivity index (χ3v) is 5.91. The molecule has 0 atom stereocenters. The standard InChI is InChI=1S/C12H11IN4O2S2/c1-14-10-11(17-6-7-20-12(17)15-10)21(18,19)16-9-5-3-2-4-8(9)13/h2-7,14,16H,1H3. The zero-order valence-corrected chi connectivity index (χ0v) is 14.7. The lowest BCUT2D eigenvalue weighted by atomic mass is 10.3. The number of imidazole rings is 1. The molecule has 3 rings (SSSR count). The Kier molecular flexibility index (Phi) is 3.80. The Morgan fingerprint density at radius 2 is 2.10 bits per heavy atom. The van der Waals surface area contributed by atoms with Gasteiger partial charge in [-0.15, -0.1) is 11.3 Å². The molecule has 3 aromatic rings. The van der Waals surface area contributed by atoms with Gasteiger partial charge in [-0.25, -0.2) is 4.98 Å². The van der Waals surface area contributed by atoms with Crippen LogP contribution < -0.4 is 10.0 Å². The normalized spacial score (nSPS) is 11.7. The lowest BCUT2D eigenvalue weighted by Crippen LogP contribution is -2.17. The van der Waals surface area contributed by atoms with Gasteiger partial charge in [0, 0.05) is 22.2 Å². The largest absolute Gasteiger partial charge is 0.371 e. The van der Waals surface area contributed by atoms with Crippen LogP contribution in [0.5, 0.6) is 0 Å². The van der Waals surface area contributed by atoms with E-state index in [0.717, 1.165) is 3.57 Å². The summed E-state index contributed by atoms with van der Waals surface area (Å²) in [5.74, 6) is 0.334. The highest BCUT2D eigenvalue weighted by Gasteiger charge is 2.26. The maximum Gasteiger partial charge on any atom is 0.281 e. The second kappa shape index (κ2) is 5.46. The molecule has 0 saturated carbocycles. The van der Waals surface area contributed by atoms with E-state index in [1.807, 2.05) is 12.1 Å². The molecule has 2 N–H and O–H groups in total. The predicted octanol–water partition coefficient (Wildman–Crippen LogP) is 2.84. The number of hydrogen-bond acceptors (Lipinski definition) is 5. The van der Waals surface area contributed by atoms with Crippen molar-refractivity contribution in [3.8, 4) is 0 Å². The molecular weight excluding hydrogens is 423 g/mol. The molecule has 1 aromatic carbocycles. The zero-order valence-electron chi connectivity index (χ0n) is 10.9. The van der Waals surface area contributed by atoms with Gasteiger partial charge < -0.3 is 5.32 Å². The topological polar surface area (TPSA) is 75.5 Å². The average molecular weight is 434 g/mol. The van der Waals surface area contributed by atoms with Crippen LogP contribution >= 0.6 is 33.9 Å². The van der Waals surface area contributed by atoms with Gasteiger partial charge in [-0.05, 0) is 34.7 Å². The van der Waals surface area contributed by atoms with Gasteiger partial charge in [0.25, 0.3) is 10.0 Å². The molecule has 0 saturated heterocycles. The lowest BCUT2D eigenvalue weighted by molar-refractivity contribution is 0.597. The molecular formula is C12H11IN4O2S2. The van der Waals surface area contributed by atoms with Crippen LogP contribution in [0, 0.1) is 3.57 Å². The second-order valence-electron chi connectivity index (χ2n) is 4.16. The van der Waals surface area contributed by atoms with Crippen molar-refractivity contribution in [2.45, 2.75) is 5.03 Å². The number of rotatable bonds is 4.